The van der Waals surface area contributed by atoms with E-state index in [0.29, 0.717) is 42.4 Å². The Labute approximate surface area is 152 Å². The SMILES string of the molecule is C=Cc1ccc2cc(OC(F)(F)C3CCC(/C=C/C)CC3)c(F)cc2c1. The maximum absolute atomic E-state index is 14.6. The molecule has 1 saturated carbocycles. The Hall–Kier alpha value is -2.23. The van der Waals surface area contributed by atoms with Crippen molar-refractivity contribution in [3.05, 3.63) is 60.4 Å². The minimum Gasteiger partial charge on any atom is -0.429 e. The van der Waals surface area contributed by atoms with E-state index in [0.717, 1.165) is 5.56 Å². The van der Waals surface area contributed by atoms with Gasteiger partial charge in [-0.25, -0.2) is 4.39 Å². The van der Waals surface area contributed by atoms with Crippen molar-refractivity contribution in [1.82, 2.24) is 0 Å². The van der Waals surface area contributed by atoms with E-state index in [4.69, 9.17) is 4.74 Å². The van der Waals surface area contributed by atoms with Crippen LogP contribution in [0, 0.1) is 17.7 Å². The first kappa shape index (κ1) is 18.6. The van der Waals surface area contributed by atoms with Gasteiger partial charge >= 0.3 is 6.11 Å². The van der Waals surface area contributed by atoms with Gasteiger partial charge in [0.15, 0.2) is 11.6 Å². The van der Waals surface area contributed by atoms with Crippen LogP contribution in [0.2, 0.25) is 0 Å². The molecule has 2 aromatic carbocycles. The van der Waals surface area contributed by atoms with E-state index in [1.54, 1.807) is 24.3 Å². The summed E-state index contributed by atoms with van der Waals surface area (Å²) >= 11 is 0. The highest BCUT2D eigenvalue weighted by atomic mass is 19.3. The van der Waals surface area contributed by atoms with Gasteiger partial charge in [0.25, 0.3) is 0 Å². The molecule has 26 heavy (non-hydrogen) atoms. The summed E-state index contributed by atoms with van der Waals surface area (Å²) in [5, 5.41) is 1.28. The first-order valence-corrected chi connectivity index (χ1v) is 8.98. The Morgan fingerprint density at radius 3 is 2.46 bits per heavy atom. The van der Waals surface area contributed by atoms with E-state index in [2.05, 4.69) is 12.7 Å². The standard InChI is InChI=1S/C22H23F3O/c1-3-5-16-7-10-19(11-8-16)22(24,25)26-21-14-17-9-6-15(4-2)12-18(17)13-20(21)23/h3-6,9,12-14,16,19H,2,7-8,10-11H2,1H3/b5-3+. The topological polar surface area (TPSA) is 9.23 Å². The minimum atomic E-state index is -3.38. The smallest absolute Gasteiger partial charge is 0.400 e. The Morgan fingerprint density at radius 2 is 1.81 bits per heavy atom. The van der Waals surface area contributed by atoms with Crippen molar-refractivity contribution in [3.63, 3.8) is 0 Å². The maximum atomic E-state index is 14.6. The van der Waals surface area contributed by atoms with E-state index in [1.165, 1.54) is 12.1 Å². The fourth-order valence-corrected chi connectivity index (χ4v) is 3.62. The van der Waals surface area contributed by atoms with Crippen LogP contribution in [0.5, 0.6) is 5.75 Å². The van der Waals surface area contributed by atoms with Gasteiger partial charge in [0.05, 0.1) is 5.92 Å². The van der Waals surface area contributed by atoms with E-state index in [9.17, 15) is 13.2 Å². The molecule has 0 spiro atoms. The number of benzene rings is 2. The number of rotatable bonds is 5. The van der Waals surface area contributed by atoms with Crippen LogP contribution < -0.4 is 4.74 Å². The third-order valence-corrected chi connectivity index (χ3v) is 5.11. The number of hydrogen-bond acceptors (Lipinski definition) is 1. The second-order valence-corrected chi connectivity index (χ2v) is 6.89. The van der Waals surface area contributed by atoms with Gasteiger partial charge in [-0.2, -0.15) is 8.78 Å². The van der Waals surface area contributed by atoms with Crippen LogP contribution in [-0.2, 0) is 0 Å². The molecule has 1 aliphatic rings. The maximum Gasteiger partial charge on any atom is 0.400 e. The van der Waals surface area contributed by atoms with Crippen molar-refractivity contribution >= 4 is 16.8 Å². The van der Waals surface area contributed by atoms with Gasteiger partial charge in [0, 0.05) is 0 Å². The normalized spacial score (nSPS) is 21.2. The Kier molecular flexibility index (Phi) is 5.40. The molecule has 0 radical (unpaired) electrons. The zero-order valence-electron chi connectivity index (χ0n) is 14.9. The third kappa shape index (κ3) is 3.95. The number of halogens is 3. The minimum absolute atomic E-state index is 0.350. The molecule has 2 aromatic rings. The number of hydrogen-bond donors (Lipinski definition) is 0. The molecule has 1 aliphatic carbocycles. The number of alkyl halides is 2. The van der Waals surface area contributed by atoms with Crippen LogP contribution in [0.1, 0.15) is 38.2 Å². The van der Waals surface area contributed by atoms with Gasteiger partial charge in [0.2, 0.25) is 0 Å². The van der Waals surface area contributed by atoms with Crippen molar-refractivity contribution < 1.29 is 17.9 Å². The lowest BCUT2D eigenvalue weighted by atomic mass is 9.81. The van der Waals surface area contributed by atoms with Crippen molar-refractivity contribution in [1.29, 1.82) is 0 Å². The van der Waals surface area contributed by atoms with Gasteiger partial charge in [-0.05, 0) is 73.1 Å². The summed E-state index contributed by atoms with van der Waals surface area (Å²) in [6.07, 6.45) is 4.46. The fraction of sp³-hybridized carbons (Fsp3) is 0.364. The van der Waals surface area contributed by atoms with Crippen molar-refractivity contribution in [2.45, 2.75) is 38.7 Å². The number of ether oxygens (including phenoxy) is 1. The van der Waals surface area contributed by atoms with Crippen molar-refractivity contribution in [3.8, 4) is 5.75 Å². The average Bonchev–Trinajstić information content (AvgIpc) is 2.62. The van der Waals surface area contributed by atoms with Crippen LogP contribution in [0.3, 0.4) is 0 Å². The van der Waals surface area contributed by atoms with Gasteiger partial charge in [0.1, 0.15) is 0 Å². The molecule has 0 unspecified atom stereocenters. The van der Waals surface area contributed by atoms with Gasteiger partial charge in [-0.1, -0.05) is 36.9 Å². The summed E-state index contributed by atoms with van der Waals surface area (Å²) in [6.45, 7) is 5.61. The average molecular weight is 360 g/mol. The molecule has 3 rings (SSSR count). The van der Waals surface area contributed by atoms with Crippen LogP contribution >= 0.6 is 0 Å². The number of allylic oxidation sites excluding steroid dienone is 2. The van der Waals surface area contributed by atoms with Crippen LogP contribution in [0.25, 0.3) is 16.8 Å². The fourth-order valence-electron chi connectivity index (χ4n) is 3.62. The highest BCUT2D eigenvalue weighted by Crippen LogP contribution is 2.41. The summed E-state index contributed by atoms with van der Waals surface area (Å²) in [4.78, 5) is 0. The first-order valence-electron chi connectivity index (χ1n) is 8.98. The third-order valence-electron chi connectivity index (χ3n) is 5.11. The molecule has 1 nitrogen and oxygen atoms in total. The van der Waals surface area contributed by atoms with Crippen molar-refractivity contribution in [2.75, 3.05) is 0 Å². The van der Waals surface area contributed by atoms with Crippen LogP contribution in [0.4, 0.5) is 13.2 Å². The Balaban J connectivity index is 1.78. The number of fused-ring (bicyclic) bond motifs is 1. The Morgan fingerprint density at radius 1 is 1.08 bits per heavy atom. The lowest BCUT2D eigenvalue weighted by Gasteiger charge is -2.32. The largest absolute Gasteiger partial charge is 0.429 e. The summed E-state index contributed by atoms with van der Waals surface area (Å²) in [7, 11) is 0. The zero-order chi connectivity index (χ0) is 18.7. The predicted molar refractivity (Wildman–Crippen MR) is 99.8 cm³/mol. The Bertz CT molecular complexity index is 817. The molecule has 138 valence electrons. The van der Waals surface area contributed by atoms with Gasteiger partial charge in [-0.15, -0.1) is 0 Å². The van der Waals surface area contributed by atoms with E-state index < -0.39 is 23.6 Å². The molecule has 0 N–H and O–H groups in total. The monoisotopic (exact) mass is 360 g/mol. The first-order chi connectivity index (χ1) is 12.4. The molecule has 1 fully saturated rings. The molecule has 0 atom stereocenters. The zero-order valence-corrected chi connectivity index (χ0v) is 14.9. The lowest BCUT2D eigenvalue weighted by Crippen LogP contribution is -2.37. The lowest BCUT2D eigenvalue weighted by molar-refractivity contribution is -0.224. The highest BCUT2D eigenvalue weighted by Gasteiger charge is 2.44. The van der Waals surface area contributed by atoms with E-state index in [-0.39, 0.29) is 0 Å². The van der Waals surface area contributed by atoms with Crippen LogP contribution in [0.15, 0.2) is 49.1 Å². The molecule has 0 amide bonds. The molecular formula is C22H23F3O. The summed E-state index contributed by atoms with van der Waals surface area (Å²) in [5.74, 6) is -1.71. The second-order valence-electron chi connectivity index (χ2n) is 6.89. The van der Waals surface area contributed by atoms with Crippen LogP contribution in [-0.4, -0.2) is 6.11 Å². The van der Waals surface area contributed by atoms with Gasteiger partial charge < -0.3 is 4.74 Å². The second kappa shape index (κ2) is 7.56. The molecular weight excluding hydrogens is 337 g/mol. The predicted octanol–water partition coefficient (Wildman–Crippen LogP) is 6.98. The summed E-state index contributed by atoms with van der Waals surface area (Å²) < 4.78 is 48.4. The molecule has 0 heterocycles. The quantitative estimate of drug-likeness (QED) is 0.523. The van der Waals surface area contributed by atoms with Gasteiger partial charge in [-0.3, -0.25) is 0 Å². The van der Waals surface area contributed by atoms with Crippen molar-refractivity contribution in [2.24, 2.45) is 11.8 Å². The summed E-state index contributed by atoms with van der Waals surface area (Å²) in [5.41, 5.74) is 0.841. The van der Waals surface area contributed by atoms with E-state index >= 15 is 0 Å². The molecule has 0 aliphatic heterocycles. The molecule has 0 saturated heterocycles. The molecule has 0 bridgehead atoms. The highest BCUT2D eigenvalue weighted by molar-refractivity contribution is 5.86. The van der Waals surface area contributed by atoms with E-state index in [1.807, 2.05) is 13.0 Å². The molecule has 4 heteroatoms. The molecule has 0 aromatic heterocycles. The summed E-state index contributed by atoms with van der Waals surface area (Å²) in [6, 6.07) is 7.89.